The third-order valence-corrected chi connectivity index (χ3v) is 3.20. The molecule has 1 rings (SSSR count). The topological polar surface area (TPSA) is 34.9 Å². The Bertz CT molecular complexity index is 368. The molecule has 0 N–H and O–H groups in total. The normalized spacial score (nSPS) is 12.7. The van der Waals surface area contributed by atoms with Crippen LogP contribution < -0.4 is 0 Å². The number of aryl methyl sites for hydroxylation is 2. The average molecular weight is 236 g/mol. The van der Waals surface area contributed by atoms with Crippen LogP contribution in [0.25, 0.3) is 0 Å². The lowest BCUT2D eigenvalue weighted by molar-refractivity contribution is -0.122. The van der Waals surface area contributed by atoms with E-state index in [-0.39, 0.29) is 5.92 Å². The van der Waals surface area contributed by atoms with E-state index in [1.165, 1.54) is 0 Å². The van der Waals surface area contributed by atoms with Crippen molar-refractivity contribution in [3.8, 4) is 0 Å². The summed E-state index contributed by atoms with van der Waals surface area (Å²) in [7, 11) is 0. The Hall–Kier alpha value is -1.12. The van der Waals surface area contributed by atoms with Crippen LogP contribution in [0.1, 0.15) is 51.9 Å². The molecule has 0 saturated heterocycles. The smallest absolute Gasteiger partial charge is 0.141 e. The van der Waals surface area contributed by atoms with Crippen molar-refractivity contribution in [3.63, 3.8) is 0 Å². The molecule has 0 aliphatic heterocycles. The monoisotopic (exact) mass is 236 g/mol. The van der Waals surface area contributed by atoms with Gasteiger partial charge in [-0.2, -0.15) is 5.10 Å². The lowest BCUT2D eigenvalue weighted by atomic mass is 9.97. The molecule has 0 aliphatic carbocycles. The zero-order valence-corrected chi connectivity index (χ0v) is 11.5. The predicted octanol–water partition coefficient (Wildman–Crippen LogP) is 3.01. The van der Waals surface area contributed by atoms with Gasteiger partial charge in [0.25, 0.3) is 0 Å². The molecule has 0 amide bonds. The van der Waals surface area contributed by atoms with Crippen molar-refractivity contribution in [1.82, 2.24) is 9.78 Å². The van der Waals surface area contributed by atoms with Gasteiger partial charge in [0.1, 0.15) is 5.78 Å². The van der Waals surface area contributed by atoms with Crippen LogP contribution >= 0.6 is 0 Å². The van der Waals surface area contributed by atoms with Crippen LogP contribution in [-0.2, 0) is 24.2 Å². The first kappa shape index (κ1) is 13.9. The van der Waals surface area contributed by atoms with Gasteiger partial charge in [-0.05, 0) is 25.8 Å². The van der Waals surface area contributed by atoms with Gasteiger partial charge in [0.2, 0.25) is 0 Å². The fourth-order valence-corrected chi connectivity index (χ4v) is 2.05. The van der Waals surface area contributed by atoms with Gasteiger partial charge >= 0.3 is 0 Å². The highest BCUT2D eigenvalue weighted by Crippen LogP contribution is 2.13. The highest BCUT2D eigenvalue weighted by Gasteiger charge is 2.15. The molecule has 3 nitrogen and oxygen atoms in total. The minimum absolute atomic E-state index is 0.172. The summed E-state index contributed by atoms with van der Waals surface area (Å²) < 4.78 is 1.95. The molecule has 1 atom stereocenters. The maximum atomic E-state index is 12.0. The number of nitrogens with zero attached hydrogens (tertiary/aromatic N) is 2. The Morgan fingerprint density at radius 2 is 2.12 bits per heavy atom. The summed E-state index contributed by atoms with van der Waals surface area (Å²) in [5, 5.41) is 4.47. The standard InChI is InChI=1S/C14H24N2O/c1-5-8-11(4)14(17)10-13-9-12(6-2)15-16(13)7-3/h9,11H,5-8,10H2,1-4H3. The second-order valence-electron chi connectivity index (χ2n) is 4.63. The van der Waals surface area contributed by atoms with E-state index in [9.17, 15) is 4.79 Å². The number of hydrogen-bond donors (Lipinski definition) is 0. The van der Waals surface area contributed by atoms with E-state index in [0.29, 0.717) is 12.2 Å². The predicted molar refractivity (Wildman–Crippen MR) is 70.1 cm³/mol. The molecule has 0 aliphatic rings. The first-order chi connectivity index (χ1) is 8.12. The third-order valence-electron chi connectivity index (χ3n) is 3.20. The van der Waals surface area contributed by atoms with Crippen LogP contribution in [-0.4, -0.2) is 15.6 Å². The molecule has 1 aromatic rings. The van der Waals surface area contributed by atoms with E-state index < -0.39 is 0 Å². The second-order valence-corrected chi connectivity index (χ2v) is 4.63. The first-order valence-corrected chi connectivity index (χ1v) is 6.70. The second kappa shape index (κ2) is 6.58. The fraction of sp³-hybridized carbons (Fsp3) is 0.714. The molecule has 1 unspecified atom stereocenters. The molecule has 0 radical (unpaired) electrons. The molecule has 1 heterocycles. The average Bonchev–Trinajstić information content (AvgIpc) is 2.71. The Balaban J connectivity index is 2.73. The number of carbonyl (C=O) groups excluding carboxylic acids is 1. The SMILES string of the molecule is CCCC(C)C(=O)Cc1cc(CC)nn1CC. The first-order valence-electron chi connectivity index (χ1n) is 6.70. The van der Waals surface area contributed by atoms with E-state index >= 15 is 0 Å². The molecular formula is C14H24N2O. The largest absolute Gasteiger partial charge is 0.299 e. The molecule has 1 aromatic heterocycles. The van der Waals surface area contributed by atoms with Crippen molar-refractivity contribution < 1.29 is 4.79 Å². The summed E-state index contributed by atoms with van der Waals surface area (Å²) in [5.74, 6) is 0.509. The van der Waals surface area contributed by atoms with Gasteiger partial charge in [0.15, 0.2) is 0 Å². The molecule has 96 valence electrons. The van der Waals surface area contributed by atoms with Gasteiger partial charge in [0, 0.05) is 24.6 Å². The molecule has 0 bridgehead atoms. The van der Waals surface area contributed by atoms with Crippen LogP contribution in [0.3, 0.4) is 0 Å². The molecule has 0 spiro atoms. The van der Waals surface area contributed by atoms with Gasteiger partial charge in [0.05, 0.1) is 5.69 Å². The van der Waals surface area contributed by atoms with Crippen molar-refractivity contribution in [2.24, 2.45) is 5.92 Å². The van der Waals surface area contributed by atoms with E-state index in [4.69, 9.17) is 0 Å². The van der Waals surface area contributed by atoms with Crippen molar-refractivity contribution in [1.29, 1.82) is 0 Å². The van der Waals surface area contributed by atoms with Crippen LogP contribution in [0.15, 0.2) is 6.07 Å². The van der Waals surface area contributed by atoms with Gasteiger partial charge in [-0.1, -0.05) is 27.2 Å². The lowest BCUT2D eigenvalue weighted by Crippen LogP contribution is -2.16. The summed E-state index contributed by atoms with van der Waals surface area (Å²) in [5.41, 5.74) is 2.15. The highest BCUT2D eigenvalue weighted by atomic mass is 16.1. The molecule has 3 heteroatoms. The van der Waals surface area contributed by atoms with Crippen LogP contribution in [0.2, 0.25) is 0 Å². The summed E-state index contributed by atoms with van der Waals surface area (Å²) in [6.45, 7) is 9.14. The Morgan fingerprint density at radius 3 is 2.65 bits per heavy atom. The van der Waals surface area contributed by atoms with Crippen LogP contribution in [0.4, 0.5) is 0 Å². The Morgan fingerprint density at radius 1 is 1.41 bits per heavy atom. The Kier molecular flexibility index (Phi) is 5.39. The molecular weight excluding hydrogens is 212 g/mol. The zero-order chi connectivity index (χ0) is 12.8. The summed E-state index contributed by atoms with van der Waals surface area (Å²) in [6, 6.07) is 2.07. The summed E-state index contributed by atoms with van der Waals surface area (Å²) in [6.07, 6.45) is 3.51. The van der Waals surface area contributed by atoms with Gasteiger partial charge in [-0.3, -0.25) is 9.48 Å². The van der Waals surface area contributed by atoms with Crippen molar-refractivity contribution in [3.05, 3.63) is 17.5 Å². The van der Waals surface area contributed by atoms with Gasteiger partial charge < -0.3 is 0 Å². The van der Waals surface area contributed by atoms with E-state index in [0.717, 1.165) is 37.2 Å². The summed E-state index contributed by atoms with van der Waals surface area (Å²) >= 11 is 0. The lowest BCUT2D eigenvalue weighted by Gasteiger charge is -2.09. The molecule has 17 heavy (non-hydrogen) atoms. The number of hydrogen-bond acceptors (Lipinski definition) is 2. The minimum Gasteiger partial charge on any atom is -0.299 e. The Labute approximate surface area is 104 Å². The summed E-state index contributed by atoms with van der Waals surface area (Å²) in [4.78, 5) is 12.0. The van der Waals surface area contributed by atoms with Crippen molar-refractivity contribution >= 4 is 5.78 Å². The maximum absolute atomic E-state index is 12.0. The number of aromatic nitrogens is 2. The fourth-order valence-electron chi connectivity index (χ4n) is 2.05. The number of carbonyl (C=O) groups is 1. The van der Waals surface area contributed by atoms with Crippen molar-refractivity contribution in [2.45, 2.75) is 59.9 Å². The van der Waals surface area contributed by atoms with E-state index in [1.54, 1.807) is 0 Å². The highest BCUT2D eigenvalue weighted by molar-refractivity contribution is 5.82. The van der Waals surface area contributed by atoms with Gasteiger partial charge in [-0.15, -0.1) is 0 Å². The van der Waals surface area contributed by atoms with E-state index in [1.807, 2.05) is 11.6 Å². The quantitative estimate of drug-likeness (QED) is 0.729. The molecule has 0 saturated carbocycles. The third kappa shape index (κ3) is 3.69. The maximum Gasteiger partial charge on any atom is 0.141 e. The number of ketones is 1. The van der Waals surface area contributed by atoms with Gasteiger partial charge in [-0.25, -0.2) is 0 Å². The van der Waals surface area contributed by atoms with Crippen LogP contribution in [0, 0.1) is 5.92 Å². The van der Waals surface area contributed by atoms with Crippen molar-refractivity contribution in [2.75, 3.05) is 0 Å². The number of rotatable bonds is 7. The molecule has 0 fully saturated rings. The minimum atomic E-state index is 0.172. The molecule has 0 aromatic carbocycles. The van der Waals surface area contributed by atoms with E-state index in [2.05, 4.69) is 31.9 Å². The zero-order valence-electron chi connectivity index (χ0n) is 11.5. The number of Topliss-reactive ketones (excluding diaryl/α,β-unsaturated/α-hetero) is 1. The van der Waals surface area contributed by atoms with Crippen LogP contribution in [0.5, 0.6) is 0 Å².